The standard InChI is InChI=1S/C19H22F3NO4/c1-9-5-12(11-6-14(21)15(22)8-13(11)20)16(7-10(9)17(24)25)23-18(26)27-19(2,3)4/h6,8,12,16H,5,7H2,1-4H3,(H,23,26)(H,24,25)/t12-,16+/m1/s1. The van der Waals surface area contributed by atoms with Crippen molar-refractivity contribution in [2.75, 3.05) is 0 Å². The van der Waals surface area contributed by atoms with Crippen LogP contribution in [0.5, 0.6) is 0 Å². The average Bonchev–Trinajstić information content (AvgIpc) is 2.50. The maximum atomic E-state index is 14.3. The van der Waals surface area contributed by atoms with Gasteiger partial charge in [0.1, 0.15) is 11.4 Å². The number of carboxylic acid groups (broad SMARTS) is 1. The van der Waals surface area contributed by atoms with Gasteiger partial charge in [-0.2, -0.15) is 0 Å². The second kappa shape index (κ2) is 7.62. The van der Waals surface area contributed by atoms with E-state index in [9.17, 15) is 27.9 Å². The number of carbonyl (C=O) groups excluding carboxylic acids is 1. The highest BCUT2D eigenvalue weighted by atomic mass is 19.2. The minimum absolute atomic E-state index is 0.0735. The molecule has 0 saturated heterocycles. The highest BCUT2D eigenvalue weighted by Crippen LogP contribution is 2.38. The molecule has 27 heavy (non-hydrogen) atoms. The summed E-state index contributed by atoms with van der Waals surface area (Å²) in [5.74, 6) is -5.40. The molecule has 0 spiro atoms. The summed E-state index contributed by atoms with van der Waals surface area (Å²) in [5, 5.41) is 11.9. The van der Waals surface area contributed by atoms with Crippen LogP contribution in [0.2, 0.25) is 0 Å². The van der Waals surface area contributed by atoms with Crippen molar-refractivity contribution in [1.29, 1.82) is 0 Å². The third-order valence-corrected chi connectivity index (χ3v) is 4.35. The minimum Gasteiger partial charge on any atom is -0.478 e. The van der Waals surface area contributed by atoms with Crippen molar-refractivity contribution in [2.24, 2.45) is 0 Å². The van der Waals surface area contributed by atoms with Crippen molar-refractivity contribution in [2.45, 2.75) is 58.1 Å². The maximum Gasteiger partial charge on any atom is 0.407 e. The Hall–Kier alpha value is -2.51. The maximum absolute atomic E-state index is 14.3. The molecule has 1 aliphatic carbocycles. The number of allylic oxidation sites excluding steroid dienone is 1. The molecule has 5 nitrogen and oxygen atoms in total. The van der Waals surface area contributed by atoms with E-state index in [2.05, 4.69) is 5.32 Å². The van der Waals surface area contributed by atoms with Gasteiger partial charge in [-0.15, -0.1) is 0 Å². The Balaban J connectivity index is 2.41. The van der Waals surface area contributed by atoms with Gasteiger partial charge in [0.15, 0.2) is 11.6 Å². The van der Waals surface area contributed by atoms with Crippen LogP contribution in [0.4, 0.5) is 18.0 Å². The van der Waals surface area contributed by atoms with Crippen LogP contribution in [0, 0.1) is 17.5 Å². The van der Waals surface area contributed by atoms with Gasteiger partial charge in [-0.1, -0.05) is 5.57 Å². The summed E-state index contributed by atoms with van der Waals surface area (Å²) in [4.78, 5) is 23.6. The molecule has 2 N–H and O–H groups in total. The smallest absolute Gasteiger partial charge is 0.407 e. The number of halogens is 3. The van der Waals surface area contributed by atoms with Crippen LogP contribution in [-0.2, 0) is 9.53 Å². The molecule has 1 aliphatic rings. The Morgan fingerprint density at radius 3 is 2.26 bits per heavy atom. The number of hydrogen-bond acceptors (Lipinski definition) is 3. The predicted molar refractivity (Wildman–Crippen MR) is 91.8 cm³/mol. The quantitative estimate of drug-likeness (QED) is 0.762. The summed E-state index contributed by atoms with van der Waals surface area (Å²) < 4.78 is 46.4. The molecule has 0 saturated carbocycles. The molecule has 0 fully saturated rings. The number of rotatable bonds is 3. The van der Waals surface area contributed by atoms with Crippen LogP contribution in [0.25, 0.3) is 0 Å². The second-order valence-corrected chi connectivity index (χ2v) is 7.62. The van der Waals surface area contributed by atoms with E-state index >= 15 is 0 Å². The van der Waals surface area contributed by atoms with Gasteiger partial charge in [-0.3, -0.25) is 0 Å². The second-order valence-electron chi connectivity index (χ2n) is 7.62. The zero-order chi connectivity index (χ0) is 20.5. The highest BCUT2D eigenvalue weighted by molar-refractivity contribution is 5.88. The molecular formula is C19H22F3NO4. The summed E-state index contributed by atoms with van der Waals surface area (Å²) in [7, 11) is 0. The van der Waals surface area contributed by atoms with Crippen molar-refractivity contribution < 1.29 is 32.6 Å². The van der Waals surface area contributed by atoms with Crippen molar-refractivity contribution in [3.8, 4) is 0 Å². The Kier molecular flexibility index (Phi) is 5.87. The third kappa shape index (κ3) is 5.02. The summed E-state index contributed by atoms with van der Waals surface area (Å²) >= 11 is 0. The molecule has 1 aromatic rings. The van der Waals surface area contributed by atoms with E-state index in [1.54, 1.807) is 27.7 Å². The molecule has 8 heteroatoms. The molecule has 0 bridgehead atoms. The van der Waals surface area contributed by atoms with E-state index in [4.69, 9.17) is 4.74 Å². The fourth-order valence-electron chi connectivity index (χ4n) is 3.16. The lowest BCUT2D eigenvalue weighted by Crippen LogP contribution is -2.44. The molecule has 1 aromatic carbocycles. The van der Waals surface area contributed by atoms with E-state index in [-0.39, 0.29) is 24.0 Å². The van der Waals surface area contributed by atoms with E-state index in [1.165, 1.54) is 0 Å². The van der Waals surface area contributed by atoms with Crippen LogP contribution >= 0.6 is 0 Å². The van der Waals surface area contributed by atoms with Crippen LogP contribution in [0.15, 0.2) is 23.3 Å². The molecule has 0 unspecified atom stereocenters. The number of alkyl carbamates (subject to hydrolysis) is 1. The first-order valence-corrected chi connectivity index (χ1v) is 8.45. The molecule has 2 rings (SSSR count). The van der Waals surface area contributed by atoms with Crippen LogP contribution in [-0.4, -0.2) is 28.8 Å². The fourth-order valence-corrected chi connectivity index (χ4v) is 3.16. The number of nitrogens with one attached hydrogen (secondary N) is 1. The molecule has 0 heterocycles. The number of carboxylic acids is 1. The fraction of sp³-hybridized carbons (Fsp3) is 0.474. The number of carbonyl (C=O) groups is 2. The lowest BCUT2D eigenvalue weighted by Gasteiger charge is -2.34. The van der Waals surface area contributed by atoms with Crippen molar-refractivity contribution >= 4 is 12.1 Å². The molecular weight excluding hydrogens is 363 g/mol. The lowest BCUT2D eigenvalue weighted by molar-refractivity contribution is -0.133. The summed E-state index contributed by atoms with van der Waals surface area (Å²) in [6.45, 7) is 6.56. The largest absolute Gasteiger partial charge is 0.478 e. The van der Waals surface area contributed by atoms with Gasteiger partial charge in [-0.25, -0.2) is 22.8 Å². The number of ether oxygens (including phenoxy) is 1. The van der Waals surface area contributed by atoms with Gasteiger partial charge < -0.3 is 15.2 Å². The Morgan fingerprint density at radius 1 is 1.11 bits per heavy atom. The first-order valence-electron chi connectivity index (χ1n) is 8.45. The van der Waals surface area contributed by atoms with Crippen LogP contribution in [0.1, 0.15) is 52.0 Å². The zero-order valence-electron chi connectivity index (χ0n) is 15.5. The molecule has 0 aromatic heterocycles. The van der Waals surface area contributed by atoms with Gasteiger partial charge in [0.2, 0.25) is 0 Å². The van der Waals surface area contributed by atoms with Gasteiger partial charge >= 0.3 is 12.1 Å². The van der Waals surface area contributed by atoms with Crippen molar-refractivity contribution in [3.05, 3.63) is 46.3 Å². The van der Waals surface area contributed by atoms with Gasteiger partial charge in [0.05, 0.1) is 0 Å². The van der Waals surface area contributed by atoms with E-state index in [1.807, 2.05) is 0 Å². The zero-order valence-corrected chi connectivity index (χ0v) is 15.5. The summed E-state index contributed by atoms with van der Waals surface area (Å²) in [6, 6.07) is 0.341. The number of hydrogen-bond donors (Lipinski definition) is 2. The predicted octanol–water partition coefficient (Wildman–Crippen LogP) is 4.28. The number of amides is 1. The van der Waals surface area contributed by atoms with Crippen molar-refractivity contribution in [3.63, 3.8) is 0 Å². The lowest BCUT2D eigenvalue weighted by atomic mass is 9.76. The molecule has 2 atom stereocenters. The van der Waals surface area contributed by atoms with Crippen molar-refractivity contribution in [1.82, 2.24) is 5.32 Å². The number of benzene rings is 1. The van der Waals surface area contributed by atoms with Crippen LogP contribution < -0.4 is 5.32 Å². The van der Waals surface area contributed by atoms with E-state index in [0.29, 0.717) is 11.6 Å². The van der Waals surface area contributed by atoms with Crippen LogP contribution in [0.3, 0.4) is 0 Å². The SMILES string of the molecule is CC1=C(C(=O)O)C[C@H](NC(=O)OC(C)(C)C)[C@@H](c2cc(F)c(F)cc2F)C1. The van der Waals surface area contributed by atoms with Gasteiger partial charge in [-0.05, 0) is 45.7 Å². The molecule has 0 aliphatic heterocycles. The van der Waals surface area contributed by atoms with E-state index < -0.39 is 47.1 Å². The Bertz CT molecular complexity index is 799. The average molecular weight is 385 g/mol. The number of aliphatic carboxylic acids is 1. The topological polar surface area (TPSA) is 75.6 Å². The summed E-state index contributed by atoms with van der Waals surface area (Å²) in [5.41, 5.74) is -0.337. The normalized spacial score (nSPS) is 20.4. The first kappa shape index (κ1) is 20.8. The van der Waals surface area contributed by atoms with E-state index in [0.717, 1.165) is 6.07 Å². The van der Waals surface area contributed by atoms with Gasteiger partial charge in [0.25, 0.3) is 0 Å². The Labute approximate surface area is 155 Å². The molecule has 148 valence electrons. The monoisotopic (exact) mass is 385 g/mol. The van der Waals surface area contributed by atoms with Gasteiger partial charge in [0, 0.05) is 30.0 Å². The minimum atomic E-state index is -1.32. The third-order valence-electron chi connectivity index (χ3n) is 4.35. The summed E-state index contributed by atoms with van der Waals surface area (Å²) in [6.07, 6.45) is -0.821. The molecule has 0 radical (unpaired) electrons. The Morgan fingerprint density at radius 2 is 1.70 bits per heavy atom. The highest BCUT2D eigenvalue weighted by Gasteiger charge is 2.36. The first-order chi connectivity index (χ1) is 12.4. The molecule has 1 amide bonds.